The maximum absolute atomic E-state index is 12.1. The van der Waals surface area contributed by atoms with Crippen molar-refractivity contribution in [2.45, 2.75) is 20.3 Å². The lowest BCUT2D eigenvalue weighted by atomic mass is 10.1. The molecule has 0 heterocycles. The molecule has 6 heteroatoms. The maximum Gasteiger partial charge on any atom is 0.288 e. The largest absolute Gasteiger partial charge is 0.342 e. The summed E-state index contributed by atoms with van der Waals surface area (Å²) in [6.07, 6.45) is 0.887. The van der Waals surface area contributed by atoms with E-state index in [4.69, 9.17) is 11.6 Å². The first-order valence-corrected chi connectivity index (χ1v) is 6.40. The minimum atomic E-state index is -0.590. The Morgan fingerprint density at radius 3 is 2.63 bits per heavy atom. The molecule has 0 N–H and O–H groups in total. The quantitative estimate of drug-likeness (QED) is 0.615. The Morgan fingerprint density at radius 2 is 2.11 bits per heavy atom. The van der Waals surface area contributed by atoms with Gasteiger partial charge in [0.15, 0.2) is 0 Å². The van der Waals surface area contributed by atoms with Crippen molar-refractivity contribution in [1.82, 2.24) is 4.90 Å². The van der Waals surface area contributed by atoms with E-state index in [1.165, 1.54) is 18.2 Å². The van der Waals surface area contributed by atoms with Crippen molar-refractivity contribution in [3.8, 4) is 0 Å². The normalized spacial score (nSPS) is 10.6. The van der Waals surface area contributed by atoms with Gasteiger partial charge in [-0.3, -0.25) is 14.9 Å². The number of nitrogens with zero attached hydrogens (tertiary/aromatic N) is 2. The van der Waals surface area contributed by atoms with Crippen molar-refractivity contribution < 1.29 is 9.72 Å². The molecule has 1 amide bonds. The molecule has 0 aliphatic rings. The second kappa shape index (κ2) is 6.52. The van der Waals surface area contributed by atoms with Crippen LogP contribution in [-0.2, 0) is 0 Å². The highest BCUT2D eigenvalue weighted by atomic mass is 35.5. The van der Waals surface area contributed by atoms with Gasteiger partial charge >= 0.3 is 0 Å². The number of carbonyl (C=O) groups is 1. The molecular weight excluding hydrogens is 268 g/mol. The van der Waals surface area contributed by atoms with Crippen molar-refractivity contribution in [1.29, 1.82) is 0 Å². The first-order valence-electron chi connectivity index (χ1n) is 6.02. The average Bonchev–Trinajstić information content (AvgIpc) is 2.35. The summed E-state index contributed by atoms with van der Waals surface area (Å²) in [7, 11) is 1.69. The summed E-state index contributed by atoms with van der Waals surface area (Å²) in [4.78, 5) is 23.9. The topological polar surface area (TPSA) is 63.5 Å². The van der Waals surface area contributed by atoms with Crippen LogP contribution in [0.2, 0.25) is 5.02 Å². The standard InChI is InChI=1S/C13H17ClN2O3/c1-9(2)6-7-15(3)13(17)10-4-5-11(14)12(8-10)16(18)19/h4-5,8-9H,6-7H2,1-3H3. The van der Waals surface area contributed by atoms with Crippen LogP contribution in [0.15, 0.2) is 18.2 Å². The summed E-state index contributed by atoms with van der Waals surface area (Å²) in [6, 6.07) is 4.10. The Morgan fingerprint density at radius 1 is 1.47 bits per heavy atom. The van der Waals surface area contributed by atoms with E-state index in [1.54, 1.807) is 11.9 Å². The zero-order chi connectivity index (χ0) is 14.6. The molecule has 0 bridgehead atoms. The number of hydrogen-bond donors (Lipinski definition) is 0. The molecule has 0 aliphatic carbocycles. The van der Waals surface area contributed by atoms with Gasteiger partial charge in [0.05, 0.1) is 4.92 Å². The molecule has 1 aromatic rings. The van der Waals surface area contributed by atoms with E-state index in [9.17, 15) is 14.9 Å². The van der Waals surface area contributed by atoms with Gasteiger partial charge in [0.1, 0.15) is 5.02 Å². The summed E-state index contributed by atoms with van der Waals surface area (Å²) in [5.74, 6) is 0.259. The van der Waals surface area contributed by atoms with Crippen LogP contribution in [0, 0.1) is 16.0 Å². The minimum Gasteiger partial charge on any atom is -0.342 e. The lowest BCUT2D eigenvalue weighted by Crippen LogP contribution is -2.28. The van der Waals surface area contributed by atoms with Crippen molar-refractivity contribution in [3.05, 3.63) is 38.9 Å². The molecule has 0 spiro atoms. The van der Waals surface area contributed by atoms with Crippen molar-refractivity contribution in [2.75, 3.05) is 13.6 Å². The van der Waals surface area contributed by atoms with Crippen LogP contribution in [0.4, 0.5) is 5.69 Å². The molecule has 19 heavy (non-hydrogen) atoms. The van der Waals surface area contributed by atoms with Gasteiger partial charge in [-0.05, 0) is 24.5 Å². The first kappa shape index (κ1) is 15.4. The Kier molecular flexibility index (Phi) is 5.30. The van der Waals surface area contributed by atoms with E-state index in [1.807, 2.05) is 0 Å². The summed E-state index contributed by atoms with van der Waals surface area (Å²) in [6.45, 7) is 4.77. The van der Waals surface area contributed by atoms with Crippen molar-refractivity contribution in [3.63, 3.8) is 0 Å². The van der Waals surface area contributed by atoms with E-state index >= 15 is 0 Å². The van der Waals surface area contributed by atoms with Gasteiger partial charge in [0, 0.05) is 25.2 Å². The third kappa shape index (κ3) is 4.21. The zero-order valence-electron chi connectivity index (χ0n) is 11.2. The molecule has 1 rings (SSSR count). The maximum atomic E-state index is 12.1. The number of nitro groups is 1. The third-order valence-electron chi connectivity index (χ3n) is 2.78. The first-order chi connectivity index (χ1) is 8.82. The molecule has 0 fully saturated rings. The molecule has 0 aliphatic heterocycles. The summed E-state index contributed by atoms with van der Waals surface area (Å²) >= 11 is 5.71. The molecule has 0 atom stereocenters. The van der Waals surface area contributed by atoms with Crippen LogP contribution in [0.3, 0.4) is 0 Å². The lowest BCUT2D eigenvalue weighted by molar-refractivity contribution is -0.384. The molecule has 0 aromatic heterocycles. The fourth-order valence-electron chi connectivity index (χ4n) is 1.56. The van der Waals surface area contributed by atoms with E-state index in [0.29, 0.717) is 12.5 Å². The van der Waals surface area contributed by atoms with Gasteiger partial charge < -0.3 is 4.90 Å². The van der Waals surface area contributed by atoms with Crippen molar-refractivity contribution >= 4 is 23.2 Å². The van der Waals surface area contributed by atoms with Crippen molar-refractivity contribution in [2.24, 2.45) is 5.92 Å². The third-order valence-corrected chi connectivity index (χ3v) is 3.10. The molecule has 0 saturated heterocycles. The highest BCUT2D eigenvalue weighted by molar-refractivity contribution is 6.32. The van der Waals surface area contributed by atoms with Crippen LogP contribution >= 0.6 is 11.6 Å². The van der Waals surface area contributed by atoms with E-state index in [2.05, 4.69) is 13.8 Å². The van der Waals surface area contributed by atoms with E-state index in [0.717, 1.165) is 6.42 Å². The lowest BCUT2D eigenvalue weighted by Gasteiger charge is -2.18. The molecular formula is C13H17ClN2O3. The summed E-state index contributed by atoms with van der Waals surface area (Å²) in [5, 5.41) is 10.8. The highest BCUT2D eigenvalue weighted by Crippen LogP contribution is 2.25. The number of amides is 1. The Hall–Kier alpha value is -1.62. The summed E-state index contributed by atoms with van der Waals surface area (Å²) in [5.41, 5.74) is 0.0344. The summed E-state index contributed by atoms with van der Waals surface area (Å²) < 4.78 is 0. The number of rotatable bonds is 5. The zero-order valence-corrected chi connectivity index (χ0v) is 12.0. The number of nitro benzene ring substituents is 1. The molecule has 0 saturated carbocycles. The van der Waals surface area contributed by atoms with Gasteiger partial charge in [-0.25, -0.2) is 0 Å². The molecule has 0 unspecified atom stereocenters. The highest BCUT2D eigenvalue weighted by Gasteiger charge is 2.18. The van der Waals surface area contributed by atoms with E-state index < -0.39 is 4.92 Å². The fraction of sp³-hybridized carbons (Fsp3) is 0.462. The van der Waals surface area contributed by atoms with Gasteiger partial charge in [-0.1, -0.05) is 25.4 Å². The van der Waals surface area contributed by atoms with Crippen LogP contribution in [-0.4, -0.2) is 29.3 Å². The van der Waals surface area contributed by atoms with Crippen LogP contribution in [0.1, 0.15) is 30.6 Å². The van der Waals surface area contributed by atoms with Crippen LogP contribution in [0.5, 0.6) is 0 Å². The van der Waals surface area contributed by atoms with E-state index in [-0.39, 0.29) is 22.2 Å². The minimum absolute atomic E-state index is 0.0337. The molecule has 1 aromatic carbocycles. The molecule has 104 valence electrons. The number of hydrogen-bond acceptors (Lipinski definition) is 3. The Bertz CT molecular complexity index is 489. The van der Waals surface area contributed by atoms with Crippen LogP contribution < -0.4 is 0 Å². The van der Waals surface area contributed by atoms with Gasteiger partial charge in [-0.2, -0.15) is 0 Å². The fourth-order valence-corrected chi connectivity index (χ4v) is 1.75. The number of benzene rings is 1. The smallest absolute Gasteiger partial charge is 0.288 e. The molecule has 5 nitrogen and oxygen atoms in total. The number of carbonyl (C=O) groups excluding carboxylic acids is 1. The SMILES string of the molecule is CC(C)CCN(C)C(=O)c1ccc(Cl)c([N+](=O)[O-])c1. The predicted octanol–water partition coefficient (Wildman–Crippen LogP) is 3.37. The second-order valence-electron chi connectivity index (χ2n) is 4.83. The van der Waals surface area contributed by atoms with Crippen LogP contribution in [0.25, 0.3) is 0 Å². The Labute approximate surface area is 117 Å². The Balaban J connectivity index is 2.88. The molecule has 0 radical (unpaired) electrons. The average molecular weight is 285 g/mol. The van der Waals surface area contributed by atoms with Gasteiger partial charge in [0.2, 0.25) is 0 Å². The number of halogens is 1. The monoisotopic (exact) mass is 284 g/mol. The van der Waals surface area contributed by atoms with Gasteiger partial charge in [-0.15, -0.1) is 0 Å². The predicted molar refractivity (Wildman–Crippen MR) is 74.5 cm³/mol. The van der Waals surface area contributed by atoms with Gasteiger partial charge in [0.25, 0.3) is 11.6 Å². The second-order valence-corrected chi connectivity index (χ2v) is 5.24.